The highest BCUT2D eigenvalue weighted by molar-refractivity contribution is 5.37. The van der Waals surface area contributed by atoms with Gasteiger partial charge in [-0.1, -0.05) is 0 Å². The lowest BCUT2D eigenvalue weighted by molar-refractivity contribution is 0.00361. The van der Waals surface area contributed by atoms with E-state index in [9.17, 15) is 0 Å². The highest BCUT2D eigenvalue weighted by atomic mass is 16.6. The molecule has 11 heteroatoms. The van der Waals surface area contributed by atoms with Crippen LogP contribution in [0.4, 0.5) is 0 Å². The Bertz CT molecular complexity index is 735. The molecular formula is C28H42O11. The van der Waals surface area contributed by atoms with Crippen LogP contribution >= 0.6 is 0 Å². The summed E-state index contributed by atoms with van der Waals surface area (Å²) in [6, 6.07) is 14.8. The first-order valence-electron chi connectivity index (χ1n) is 13.1. The van der Waals surface area contributed by atoms with Crippen molar-refractivity contribution in [1.29, 1.82) is 0 Å². The summed E-state index contributed by atoms with van der Waals surface area (Å²) in [4.78, 5) is 0. The molecule has 39 heavy (non-hydrogen) atoms. The van der Waals surface area contributed by atoms with Gasteiger partial charge in [-0.2, -0.15) is 0 Å². The minimum absolute atomic E-state index is 0.0185. The summed E-state index contributed by atoms with van der Waals surface area (Å²) in [5.41, 5.74) is 0. The van der Waals surface area contributed by atoms with Crippen molar-refractivity contribution in [2.45, 2.75) is 0 Å². The Morgan fingerprint density at radius 1 is 0.333 bits per heavy atom. The second-order valence-electron chi connectivity index (χ2n) is 7.86. The highest BCUT2D eigenvalue weighted by Gasteiger charge is 2.01. The quantitative estimate of drug-likeness (QED) is 0.167. The summed E-state index contributed by atoms with van der Waals surface area (Å²) in [5.74, 6) is 2.85. The summed E-state index contributed by atoms with van der Waals surface area (Å²) >= 11 is 0. The number of rotatable bonds is 26. The van der Waals surface area contributed by atoms with Gasteiger partial charge in [0.15, 0.2) is 0 Å². The van der Waals surface area contributed by atoms with Gasteiger partial charge in [-0.3, -0.25) is 0 Å². The van der Waals surface area contributed by atoms with Crippen molar-refractivity contribution in [2.24, 2.45) is 0 Å². The van der Waals surface area contributed by atoms with Crippen LogP contribution < -0.4 is 14.2 Å². The van der Waals surface area contributed by atoms with Gasteiger partial charge in [0.05, 0.1) is 92.5 Å². The molecular weight excluding hydrogens is 512 g/mol. The maximum absolute atomic E-state index is 8.60. The van der Waals surface area contributed by atoms with E-state index in [0.717, 1.165) is 11.5 Å². The predicted octanol–water partition coefficient (Wildman–Crippen LogP) is 2.32. The van der Waals surface area contributed by atoms with E-state index in [0.29, 0.717) is 104 Å². The van der Waals surface area contributed by atoms with Gasteiger partial charge in [-0.05, 0) is 48.5 Å². The summed E-state index contributed by atoms with van der Waals surface area (Å²) in [5, 5.41) is 17.2. The van der Waals surface area contributed by atoms with Crippen LogP contribution in [0, 0.1) is 0 Å². The molecule has 2 aromatic rings. The van der Waals surface area contributed by atoms with Gasteiger partial charge in [0.2, 0.25) is 0 Å². The molecule has 2 rings (SSSR count). The van der Waals surface area contributed by atoms with E-state index in [2.05, 4.69) is 0 Å². The van der Waals surface area contributed by atoms with E-state index >= 15 is 0 Å². The van der Waals surface area contributed by atoms with Crippen LogP contribution in [0.2, 0.25) is 0 Å². The van der Waals surface area contributed by atoms with Crippen molar-refractivity contribution in [3.8, 4) is 23.0 Å². The molecule has 220 valence electrons. The monoisotopic (exact) mass is 554 g/mol. The molecule has 0 aromatic heterocycles. The smallest absolute Gasteiger partial charge is 0.127 e. The Kier molecular flexibility index (Phi) is 19.6. The minimum Gasteiger partial charge on any atom is -0.491 e. The molecule has 0 saturated heterocycles. The van der Waals surface area contributed by atoms with E-state index in [-0.39, 0.29) is 13.2 Å². The molecule has 0 saturated carbocycles. The van der Waals surface area contributed by atoms with Crippen LogP contribution in [0.5, 0.6) is 23.0 Å². The van der Waals surface area contributed by atoms with E-state index in [4.69, 9.17) is 52.8 Å². The second-order valence-corrected chi connectivity index (χ2v) is 7.86. The Morgan fingerprint density at radius 2 is 0.590 bits per heavy atom. The SMILES string of the molecule is OCCOCCOCCOCCOc1ccc(Oc2ccc(OCCOCCOCCOCCO)cc2)cc1. The molecule has 0 aliphatic heterocycles. The van der Waals surface area contributed by atoms with Crippen molar-refractivity contribution < 1.29 is 52.8 Å². The number of aliphatic hydroxyl groups excluding tert-OH is 2. The van der Waals surface area contributed by atoms with Gasteiger partial charge in [-0.25, -0.2) is 0 Å². The van der Waals surface area contributed by atoms with Crippen LogP contribution in [0.15, 0.2) is 48.5 Å². The van der Waals surface area contributed by atoms with Crippen LogP contribution in [-0.4, -0.2) is 116 Å². The van der Waals surface area contributed by atoms with E-state index in [1.54, 1.807) is 0 Å². The van der Waals surface area contributed by atoms with E-state index < -0.39 is 0 Å². The summed E-state index contributed by atoms with van der Waals surface area (Å²) in [6.45, 7) is 6.27. The predicted molar refractivity (Wildman–Crippen MR) is 143 cm³/mol. The first-order chi connectivity index (χ1) is 19.3. The van der Waals surface area contributed by atoms with Gasteiger partial charge < -0.3 is 52.8 Å². The fraction of sp³-hybridized carbons (Fsp3) is 0.571. The topological polar surface area (TPSA) is 124 Å². The van der Waals surface area contributed by atoms with Crippen molar-refractivity contribution in [2.75, 3.05) is 106 Å². The standard InChI is InChI=1S/C28H42O11/c29-9-11-31-13-15-33-17-19-35-21-23-37-25-1-5-27(6-2-25)39-28-7-3-26(4-8-28)38-24-22-36-20-18-34-16-14-32-12-10-30/h1-8,29-30H,9-24H2. The molecule has 0 amide bonds. The molecule has 0 atom stereocenters. The van der Waals surface area contributed by atoms with Crippen LogP contribution in [0.25, 0.3) is 0 Å². The summed E-state index contributed by atoms with van der Waals surface area (Å²) < 4.78 is 49.1. The molecule has 0 aliphatic rings. The second kappa shape index (κ2) is 23.4. The van der Waals surface area contributed by atoms with Gasteiger partial charge in [-0.15, -0.1) is 0 Å². The van der Waals surface area contributed by atoms with E-state index in [1.807, 2.05) is 48.5 Å². The van der Waals surface area contributed by atoms with Gasteiger partial charge in [0, 0.05) is 0 Å². The molecule has 0 bridgehead atoms. The average Bonchev–Trinajstić information content (AvgIpc) is 2.96. The lowest BCUT2D eigenvalue weighted by Crippen LogP contribution is -2.13. The number of benzene rings is 2. The Morgan fingerprint density at radius 3 is 0.897 bits per heavy atom. The van der Waals surface area contributed by atoms with Crippen molar-refractivity contribution in [3.63, 3.8) is 0 Å². The van der Waals surface area contributed by atoms with Gasteiger partial charge >= 0.3 is 0 Å². The molecule has 0 heterocycles. The van der Waals surface area contributed by atoms with Gasteiger partial charge in [0.1, 0.15) is 36.2 Å². The van der Waals surface area contributed by atoms with Crippen molar-refractivity contribution in [1.82, 2.24) is 0 Å². The number of hydrogen-bond donors (Lipinski definition) is 2. The number of aliphatic hydroxyl groups is 2. The first-order valence-corrected chi connectivity index (χ1v) is 13.1. The Balaban J connectivity index is 1.48. The van der Waals surface area contributed by atoms with E-state index in [1.165, 1.54) is 0 Å². The first kappa shape index (κ1) is 32.7. The lowest BCUT2D eigenvalue weighted by Gasteiger charge is -2.10. The summed E-state index contributed by atoms with van der Waals surface area (Å²) in [6.07, 6.45) is 0. The zero-order valence-corrected chi connectivity index (χ0v) is 22.5. The third-order valence-corrected chi connectivity index (χ3v) is 4.84. The van der Waals surface area contributed by atoms with Crippen LogP contribution in [-0.2, 0) is 28.4 Å². The van der Waals surface area contributed by atoms with Crippen LogP contribution in [0.3, 0.4) is 0 Å². The largest absolute Gasteiger partial charge is 0.491 e. The third-order valence-electron chi connectivity index (χ3n) is 4.84. The molecule has 0 aliphatic carbocycles. The summed E-state index contributed by atoms with van der Waals surface area (Å²) in [7, 11) is 0. The maximum Gasteiger partial charge on any atom is 0.127 e. The molecule has 0 unspecified atom stereocenters. The molecule has 11 nitrogen and oxygen atoms in total. The molecule has 0 radical (unpaired) electrons. The molecule has 2 aromatic carbocycles. The zero-order valence-electron chi connectivity index (χ0n) is 22.5. The lowest BCUT2D eigenvalue weighted by atomic mass is 10.3. The van der Waals surface area contributed by atoms with Crippen LogP contribution in [0.1, 0.15) is 0 Å². The fourth-order valence-corrected chi connectivity index (χ4v) is 2.99. The maximum atomic E-state index is 8.60. The van der Waals surface area contributed by atoms with Crippen molar-refractivity contribution in [3.05, 3.63) is 48.5 Å². The molecule has 2 N–H and O–H groups in total. The average molecular weight is 555 g/mol. The Labute approximate surface area is 230 Å². The van der Waals surface area contributed by atoms with Gasteiger partial charge in [0.25, 0.3) is 0 Å². The highest BCUT2D eigenvalue weighted by Crippen LogP contribution is 2.25. The van der Waals surface area contributed by atoms with Crippen molar-refractivity contribution >= 4 is 0 Å². The molecule has 0 fully saturated rings. The normalized spacial score (nSPS) is 11.0. The molecule has 0 spiro atoms. The minimum atomic E-state index is 0.0185. The Hall–Kier alpha value is -2.48. The third kappa shape index (κ3) is 17.7. The number of hydrogen-bond acceptors (Lipinski definition) is 11. The number of ether oxygens (including phenoxy) is 9. The zero-order chi connectivity index (χ0) is 27.6. The fourth-order valence-electron chi connectivity index (χ4n) is 2.99.